The summed E-state index contributed by atoms with van der Waals surface area (Å²) in [6, 6.07) is 15.1. The van der Waals surface area contributed by atoms with Gasteiger partial charge in [-0.15, -0.1) is 0 Å². The number of thioether (sulfide) groups is 1. The highest BCUT2D eigenvalue weighted by molar-refractivity contribution is 8.04. The van der Waals surface area contributed by atoms with E-state index in [9.17, 15) is 19.1 Å². The smallest absolute Gasteiger partial charge is 0.323 e. The average molecular weight is 403 g/mol. The first-order valence-corrected chi connectivity index (χ1v) is 11.1. The normalized spacial score (nSPS) is 16.6. The Morgan fingerprint density at radius 1 is 1.11 bits per heavy atom. The maximum absolute atomic E-state index is 12.9. The second-order valence-corrected chi connectivity index (χ2v) is 10.2. The molecule has 0 bridgehead atoms. The van der Waals surface area contributed by atoms with Gasteiger partial charge in [0.1, 0.15) is 6.29 Å². The van der Waals surface area contributed by atoms with Gasteiger partial charge >= 0.3 is 7.60 Å². The molecule has 1 aliphatic heterocycles. The topological polar surface area (TPSA) is 77.8 Å². The fourth-order valence-corrected chi connectivity index (χ4v) is 4.54. The molecule has 0 saturated carbocycles. The van der Waals surface area contributed by atoms with Crippen molar-refractivity contribution in [3.63, 3.8) is 0 Å². The van der Waals surface area contributed by atoms with Crippen molar-refractivity contribution >= 4 is 37.0 Å². The van der Waals surface area contributed by atoms with E-state index in [4.69, 9.17) is 0 Å². The van der Waals surface area contributed by atoms with E-state index in [0.717, 1.165) is 16.0 Å². The second kappa shape index (κ2) is 7.28. The highest BCUT2D eigenvalue weighted by Crippen LogP contribution is 2.46. The molecule has 0 unspecified atom stereocenters. The Morgan fingerprint density at radius 3 is 2.48 bits per heavy atom. The lowest BCUT2D eigenvalue weighted by Crippen LogP contribution is -2.35. The third kappa shape index (κ3) is 4.71. The van der Waals surface area contributed by atoms with Crippen LogP contribution < -0.4 is 4.90 Å². The van der Waals surface area contributed by atoms with Crippen LogP contribution in [0.1, 0.15) is 31.9 Å². The lowest BCUT2D eigenvalue weighted by atomic mass is 9.86. The van der Waals surface area contributed by atoms with Crippen molar-refractivity contribution in [2.45, 2.75) is 31.1 Å². The van der Waals surface area contributed by atoms with Crippen LogP contribution in [0.2, 0.25) is 0 Å². The molecule has 2 aromatic carbocycles. The lowest BCUT2D eigenvalue weighted by Gasteiger charge is -2.30. The first-order chi connectivity index (χ1) is 12.5. The molecule has 0 aliphatic carbocycles. The number of carbonyl (C=O) groups excluding carboxylic acids is 1. The summed E-state index contributed by atoms with van der Waals surface area (Å²) < 4.78 is 11.5. The van der Waals surface area contributed by atoms with E-state index in [-0.39, 0.29) is 5.41 Å². The molecule has 0 fully saturated rings. The minimum atomic E-state index is -4.40. The predicted octanol–water partition coefficient (Wildman–Crippen LogP) is 4.60. The van der Waals surface area contributed by atoms with Crippen molar-refractivity contribution in [1.29, 1.82) is 0 Å². The second-order valence-electron chi connectivity index (χ2n) is 7.49. The highest BCUT2D eigenvalue weighted by Gasteiger charge is 2.33. The zero-order valence-corrected chi connectivity index (χ0v) is 17.1. The van der Waals surface area contributed by atoms with Crippen molar-refractivity contribution in [1.82, 2.24) is 0 Å². The number of para-hydroxylation sites is 1. The monoisotopic (exact) mass is 403 g/mol. The summed E-state index contributed by atoms with van der Waals surface area (Å²) in [5.41, 5.74) is 2.54. The van der Waals surface area contributed by atoms with Gasteiger partial charge in [-0.3, -0.25) is 14.3 Å². The molecule has 0 saturated heterocycles. The van der Waals surface area contributed by atoms with Crippen molar-refractivity contribution < 1.29 is 19.1 Å². The van der Waals surface area contributed by atoms with E-state index in [0.29, 0.717) is 10.6 Å². The van der Waals surface area contributed by atoms with Gasteiger partial charge in [-0.1, -0.05) is 68.9 Å². The molecule has 0 aromatic heterocycles. The van der Waals surface area contributed by atoms with Gasteiger partial charge in [0.15, 0.2) is 0 Å². The molecule has 2 N–H and O–H groups in total. The number of benzene rings is 2. The molecule has 3 rings (SSSR count). The summed E-state index contributed by atoms with van der Waals surface area (Å²) in [5, 5.41) is 0. The van der Waals surface area contributed by atoms with Gasteiger partial charge in [-0.2, -0.15) is 0 Å². The van der Waals surface area contributed by atoms with Crippen LogP contribution >= 0.6 is 19.4 Å². The third-order valence-corrected chi connectivity index (χ3v) is 5.94. The van der Waals surface area contributed by atoms with Gasteiger partial charge < -0.3 is 9.79 Å². The van der Waals surface area contributed by atoms with E-state index in [1.54, 1.807) is 18.2 Å². The number of nitrogens with zero attached hydrogens (tertiary/aromatic N) is 1. The van der Waals surface area contributed by atoms with Crippen LogP contribution in [0.15, 0.2) is 58.3 Å². The predicted molar refractivity (Wildman–Crippen MR) is 110 cm³/mol. The minimum absolute atomic E-state index is 0.0166. The van der Waals surface area contributed by atoms with Gasteiger partial charge in [0.25, 0.3) is 5.91 Å². The summed E-state index contributed by atoms with van der Waals surface area (Å²) >= 11 is 1.32. The molecule has 2 aromatic rings. The average Bonchev–Trinajstić information content (AvgIpc) is 2.57. The Kier molecular flexibility index (Phi) is 5.37. The van der Waals surface area contributed by atoms with E-state index < -0.39 is 19.8 Å². The fourth-order valence-electron chi connectivity index (χ4n) is 2.83. The number of carbonyl (C=O) groups is 1. The summed E-state index contributed by atoms with van der Waals surface area (Å²) in [6.45, 7) is 6.37. The molecule has 0 atom stereocenters. The number of rotatable bonds is 3. The zero-order chi connectivity index (χ0) is 19.8. The van der Waals surface area contributed by atoms with E-state index in [1.165, 1.54) is 16.7 Å². The molecule has 1 heterocycles. The standard InChI is InChI=1S/C20H22NO4PS/c1-20(2,3)15-8-6-7-14(11-15)12-18-19(22)21(13-26(23,24)25)16-9-4-5-10-17(16)27-18/h4-12H,13H2,1-3H3,(H2,23,24,25). The van der Waals surface area contributed by atoms with Crippen molar-refractivity contribution in [2.24, 2.45) is 0 Å². The first kappa shape index (κ1) is 19.9. The van der Waals surface area contributed by atoms with Crippen LogP contribution in [-0.4, -0.2) is 22.0 Å². The van der Waals surface area contributed by atoms with Gasteiger partial charge in [-0.05, 0) is 34.8 Å². The number of hydrogen-bond acceptors (Lipinski definition) is 3. The van der Waals surface area contributed by atoms with Crippen LogP contribution in [0, 0.1) is 0 Å². The molecule has 0 radical (unpaired) electrons. The highest BCUT2D eigenvalue weighted by atomic mass is 32.2. The van der Waals surface area contributed by atoms with Gasteiger partial charge in [-0.25, -0.2) is 0 Å². The molecular formula is C20H22NO4PS. The van der Waals surface area contributed by atoms with Crippen LogP contribution in [0.3, 0.4) is 0 Å². The Labute approximate surface area is 163 Å². The maximum Gasteiger partial charge on any atom is 0.345 e. The van der Waals surface area contributed by atoms with Gasteiger partial charge in [0, 0.05) is 4.90 Å². The van der Waals surface area contributed by atoms with Crippen LogP contribution in [0.4, 0.5) is 5.69 Å². The Bertz CT molecular complexity index is 958. The molecule has 5 nitrogen and oxygen atoms in total. The number of amides is 1. The SMILES string of the molecule is CC(C)(C)c1cccc(C=C2Sc3ccccc3N(CP(=O)(O)O)C2=O)c1. The molecule has 7 heteroatoms. The van der Waals surface area contributed by atoms with Crippen LogP contribution in [-0.2, 0) is 14.8 Å². The summed E-state index contributed by atoms with van der Waals surface area (Å²) in [4.78, 5) is 34.2. The number of anilines is 1. The Balaban J connectivity index is 2.03. The molecule has 142 valence electrons. The summed E-state index contributed by atoms with van der Waals surface area (Å²) in [7, 11) is -4.40. The van der Waals surface area contributed by atoms with E-state index in [2.05, 4.69) is 20.8 Å². The number of hydrogen-bond donors (Lipinski definition) is 2. The molecule has 27 heavy (non-hydrogen) atoms. The van der Waals surface area contributed by atoms with Crippen molar-refractivity contribution in [3.8, 4) is 0 Å². The minimum Gasteiger partial charge on any atom is -0.323 e. The van der Waals surface area contributed by atoms with E-state index in [1.807, 2.05) is 36.4 Å². The number of fused-ring (bicyclic) bond motifs is 1. The first-order valence-electron chi connectivity index (χ1n) is 8.50. The molecular weight excluding hydrogens is 381 g/mol. The van der Waals surface area contributed by atoms with Crippen molar-refractivity contribution in [3.05, 3.63) is 64.6 Å². The largest absolute Gasteiger partial charge is 0.345 e. The molecule has 0 spiro atoms. The summed E-state index contributed by atoms with van der Waals surface area (Å²) in [6.07, 6.45) is 1.15. The quantitative estimate of drug-likeness (QED) is 0.579. The lowest BCUT2D eigenvalue weighted by molar-refractivity contribution is -0.114. The molecule has 1 amide bonds. The van der Waals surface area contributed by atoms with Crippen molar-refractivity contribution in [2.75, 3.05) is 11.2 Å². The van der Waals surface area contributed by atoms with Crippen LogP contribution in [0.25, 0.3) is 6.08 Å². The van der Waals surface area contributed by atoms with E-state index >= 15 is 0 Å². The third-order valence-electron chi connectivity index (χ3n) is 4.21. The summed E-state index contributed by atoms with van der Waals surface area (Å²) in [5.74, 6) is -0.400. The fraction of sp³-hybridized carbons (Fsp3) is 0.250. The Morgan fingerprint density at radius 2 is 1.81 bits per heavy atom. The van der Waals surface area contributed by atoms with Crippen LogP contribution in [0.5, 0.6) is 0 Å². The Hall–Kier alpha value is -1.85. The maximum atomic E-state index is 12.9. The van der Waals surface area contributed by atoms with Gasteiger partial charge in [0.2, 0.25) is 0 Å². The van der Waals surface area contributed by atoms with Gasteiger partial charge in [0.05, 0.1) is 10.6 Å². The molecule has 1 aliphatic rings. The zero-order valence-electron chi connectivity index (χ0n) is 15.4.